The second-order valence-corrected chi connectivity index (χ2v) is 6.86. The van der Waals surface area contributed by atoms with Gasteiger partial charge in [-0.05, 0) is 26.0 Å². The Morgan fingerprint density at radius 1 is 1.29 bits per heavy atom. The summed E-state index contributed by atoms with van der Waals surface area (Å²) < 4.78 is 43.7. The lowest BCUT2D eigenvalue weighted by Gasteiger charge is -2.31. The van der Waals surface area contributed by atoms with Crippen LogP contribution in [0.15, 0.2) is 18.2 Å². The third-order valence-electron chi connectivity index (χ3n) is 4.31. The minimum absolute atomic E-state index is 0.0336. The lowest BCUT2D eigenvalue weighted by Crippen LogP contribution is -3.16. The summed E-state index contributed by atoms with van der Waals surface area (Å²) >= 11 is 0. The molecule has 1 amide bonds. The maximum Gasteiger partial charge on any atom is 0.416 e. The highest BCUT2D eigenvalue weighted by Crippen LogP contribution is 2.34. The summed E-state index contributed by atoms with van der Waals surface area (Å²) in [5.41, 5.74) is -1.79. The molecule has 1 fully saturated rings. The molecule has 1 heterocycles. The average molecular weight is 405 g/mol. The Kier molecular flexibility index (Phi) is 7.19. The van der Waals surface area contributed by atoms with Crippen molar-refractivity contribution < 1.29 is 32.5 Å². The second kappa shape index (κ2) is 9.20. The lowest BCUT2D eigenvalue weighted by atomic mass is 10.1. The van der Waals surface area contributed by atoms with Crippen LogP contribution in [-0.2, 0) is 15.7 Å². The van der Waals surface area contributed by atoms with Crippen LogP contribution in [0.4, 0.5) is 24.5 Å². The van der Waals surface area contributed by atoms with E-state index in [1.165, 1.54) is 0 Å². The first-order valence-corrected chi connectivity index (χ1v) is 8.91. The standard InChI is InChI=1S/C17H23F3N4O4/c1-11-8-23(9-12(2)28-11)10-16(25)22-6-5-21-14-4-3-13(17(18,19)20)7-15(14)24(26)27/h3-4,7,11-12,21H,5-6,8-10H2,1-2H3,(H,22,25)/p+1/t11-,12+. The molecule has 1 aromatic carbocycles. The van der Waals surface area contributed by atoms with Gasteiger partial charge in [-0.1, -0.05) is 0 Å². The van der Waals surface area contributed by atoms with Gasteiger partial charge in [-0.15, -0.1) is 0 Å². The van der Waals surface area contributed by atoms with E-state index in [0.717, 1.165) is 30.1 Å². The zero-order chi connectivity index (χ0) is 20.9. The Balaban J connectivity index is 1.83. The number of nitrogens with one attached hydrogen (secondary N) is 3. The highest BCUT2D eigenvalue weighted by molar-refractivity contribution is 5.76. The number of rotatable bonds is 7. The lowest BCUT2D eigenvalue weighted by molar-refractivity contribution is -0.907. The molecule has 156 valence electrons. The van der Waals surface area contributed by atoms with Crippen molar-refractivity contribution in [3.8, 4) is 0 Å². The molecule has 0 aromatic heterocycles. The summed E-state index contributed by atoms with van der Waals surface area (Å²) in [6.45, 7) is 5.98. The fourth-order valence-corrected chi connectivity index (χ4v) is 3.23. The molecule has 1 saturated heterocycles. The van der Waals surface area contributed by atoms with Crippen LogP contribution in [0.2, 0.25) is 0 Å². The van der Waals surface area contributed by atoms with Crippen molar-refractivity contribution in [2.45, 2.75) is 32.2 Å². The molecule has 0 saturated carbocycles. The van der Waals surface area contributed by atoms with Gasteiger partial charge >= 0.3 is 6.18 Å². The number of morpholine rings is 1. The Hall–Kier alpha value is -2.40. The number of quaternary nitrogens is 1. The molecule has 0 radical (unpaired) electrons. The number of alkyl halides is 3. The van der Waals surface area contributed by atoms with Crippen LogP contribution < -0.4 is 15.5 Å². The van der Waals surface area contributed by atoms with Crippen molar-refractivity contribution in [2.75, 3.05) is 38.0 Å². The Labute approximate surface area is 160 Å². The maximum absolute atomic E-state index is 12.7. The SMILES string of the molecule is C[C@@H]1C[NH+](CC(=O)NCCNc2ccc(C(F)(F)F)cc2[N+](=O)[O-])C[C@H](C)O1. The zero-order valence-corrected chi connectivity index (χ0v) is 15.6. The van der Waals surface area contributed by atoms with Crippen molar-refractivity contribution in [3.63, 3.8) is 0 Å². The van der Waals surface area contributed by atoms with Crippen LogP contribution in [0, 0.1) is 10.1 Å². The van der Waals surface area contributed by atoms with E-state index in [1.54, 1.807) is 0 Å². The van der Waals surface area contributed by atoms with Crippen molar-refractivity contribution in [3.05, 3.63) is 33.9 Å². The Morgan fingerprint density at radius 2 is 1.93 bits per heavy atom. The molecule has 1 aliphatic rings. The van der Waals surface area contributed by atoms with Crippen molar-refractivity contribution >= 4 is 17.3 Å². The molecular formula is C17H24F3N4O4+. The van der Waals surface area contributed by atoms with Crippen molar-refractivity contribution in [1.29, 1.82) is 0 Å². The Morgan fingerprint density at radius 3 is 2.50 bits per heavy atom. The molecule has 28 heavy (non-hydrogen) atoms. The monoisotopic (exact) mass is 405 g/mol. The fraction of sp³-hybridized carbons (Fsp3) is 0.588. The first kappa shape index (κ1) is 21.9. The third-order valence-corrected chi connectivity index (χ3v) is 4.31. The minimum atomic E-state index is -4.66. The number of halogens is 3. The molecule has 0 aliphatic carbocycles. The number of hydrogen-bond acceptors (Lipinski definition) is 5. The van der Waals surface area contributed by atoms with Gasteiger partial charge in [0.1, 0.15) is 31.0 Å². The topological polar surface area (TPSA) is 97.9 Å². The molecule has 1 aromatic rings. The summed E-state index contributed by atoms with van der Waals surface area (Å²) in [6, 6.07) is 2.28. The molecule has 3 atom stereocenters. The molecule has 3 N–H and O–H groups in total. The second-order valence-electron chi connectivity index (χ2n) is 6.86. The fourth-order valence-electron chi connectivity index (χ4n) is 3.23. The molecule has 0 bridgehead atoms. The van der Waals surface area contributed by atoms with Crippen LogP contribution in [0.3, 0.4) is 0 Å². The number of amides is 1. The number of benzene rings is 1. The predicted molar refractivity (Wildman–Crippen MR) is 95.2 cm³/mol. The van der Waals surface area contributed by atoms with E-state index >= 15 is 0 Å². The van der Waals surface area contributed by atoms with E-state index in [0.29, 0.717) is 12.6 Å². The molecule has 11 heteroatoms. The van der Waals surface area contributed by atoms with E-state index in [2.05, 4.69) is 10.6 Å². The van der Waals surface area contributed by atoms with Crippen LogP contribution in [0.1, 0.15) is 19.4 Å². The molecular weight excluding hydrogens is 381 g/mol. The van der Waals surface area contributed by atoms with E-state index in [-0.39, 0.29) is 36.9 Å². The van der Waals surface area contributed by atoms with E-state index < -0.39 is 22.4 Å². The highest BCUT2D eigenvalue weighted by Gasteiger charge is 2.33. The first-order valence-electron chi connectivity index (χ1n) is 8.91. The van der Waals surface area contributed by atoms with Gasteiger partial charge in [0, 0.05) is 19.2 Å². The van der Waals surface area contributed by atoms with Gasteiger partial charge in [-0.3, -0.25) is 14.9 Å². The van der Waals surface area contributed by atoms with E-state index in [9.17, 15) is 28.1 Å². The van der Waals surface area contributed by atoms with Crippen LogP contribution in [0.5, 0.6) is 0 Å². The van der Waals surface area contributed by atoms with Gasteiger partial charge in [0.05, 0.1) is 10.5 Å². The number of carbonyl (C=O) groups excluding carboxylic acids is 1. The number of nitro benzene ring substituents is 1. The Bertz CT molecular complexity index is 704. The summed E-state index contributed by atoms with van der Waals surface area (Å²) in [7, 11) is 0. The van der Waals surface area contributed by atoms with Gasteiger partial charge in [0.15, 0.2) is 6.54 Å². The molecule has 0 spiro atoms. The number of carbonyl (C=O) groups is 1. The average Bonchev–Trinajstić information content (AvgIpc) is 2.56. The van der Waals surface area contributed by atoms with E-state index in [4.69, 9.17) is 4.74 Å². The van der Waals surface area contributed by atoms with Crippen LogP contribution >= 0.6 is 0 Å². The maximum atomic E-state index is 12.7. The quantitative estimate of drug-likeness (QED) is 0.355. The predicted octanol–water partition coefficient (Wildman–Crippen LogP) is 0.834. The highest BCUT2D eigenvalue weighted by atomic mass is 19.4. The number of anilines is 1. The normalized spacial score (nSPS) is 22.5. The molecule has 1 aliphatic heterocycles. The van der Waals surface area contributed by atoms with Gasteiger partial charge in [-0.2, -0.15) is 13.2 Å². The minimum Gasteiger partial charge on any atom is -0.378 e. The zero-order valence-electron chi connectivity index (χ0n) is 15.6. The summed E-state index contributed by atoms with van der Waals surface area (Å²) in [5, 5.41) is 16.4. The number of hydrogen-bond donors (Lipinski definition) is 3. The third kappa shape index (κ3) is 6.34. The summed E-state index contributed by atoms with van der Waals surface area (Å²) in [5.74, 6) is -0.167. The van der Waals surface area contributed by atoms with Crippen LogP contribution in [0.25, 0.3) is 0 Å². The first-order chi connectivity index (χ1) is 13.1. The van der Waals surface area contributed by atoms with Gasteiger partial charge in [0.2, 0.25) is 0 Å². The summed E-state index contributed by atoms with van der Waals surface area (Å²) in [6.07, 6.45) is -4.50. The van der Waals surface area contributed by atoms with Crippen LogP contribution in [-0.4, -0.2) is 55.8 Å². The molecule has 8 nitrogen and oxygen atoms in total. The smallest absolute Gasteiger partial charge is 0.378 e. The van der Waals surface area contributed by atoms with Gasteiger partial charge in [0.25, 0.3) is 11.6 Å². The summed E-state index contributed by atoms with van der Waals surface area (Å²) in [4.78, 5) is 23.3. The van der Waals surface area contributed by atoms with Gasteiger partial charge in [-0.25, -0.2) is 0 Å². The molecule has 1 unspecified atom stereocenters. The van der Waals surface area contributed by atoms with Gasteiger partial charge < -0.3 is 20.3 Å². The number of nitrogens with zero attached hydrogens (tertiary/aromatic N) is 1. The number of ether oxygens (including phenoxy) is 1. The van der Waals surface area contributed by atoms with Crippen molar-refractivity contribution in [1.82, 2.24) is 5.32 Å². The largest absolute Gasteiger partial charge is 0.416 e. The van der Waals surface area contributed by atoms with Crippen molar-refractivity contribution in [2.24, 2.45) is 0 Å². The van der Waals surface area contributed by atoms with E-state index in [1.807, 2.05) is 13.8 Å². The molecule has 2 rings (SSSR count). The number of nitro groups is 1.